The first-order valence-electron chi connectivity index (χ1n) is 6.53. The number of primary amides is 1. The number of nitrogens with two attached hydrogens (primary N) is 1. The van der Waals surface area contributed by atoms with Crippen molar-refractivity contribution in [1.82, 2.24) is 9.97 Å². The lowest BCUT2D eigenvalue weighted by Gasteiger charge is -2.19. The first-order valence-corrected chi connectivity index (χ1v) is 6.53. The minimum absolute atomic E-state index is 0.000213. The summed E-state index contributed by atoms with van der Waals surface area (Å²) >= 11 is 0. The summed E-state index contributed by atoms with van der Waals surface area (Å²) in [6.45, 7) is 0.169. The second-order valence-electron chi connectivity index (χ2n) is 4.38. The molecule has 2 aromatic rings. The summed E-state index contributed by atoms with van der Waals surface area (Å²) in [6.07, 6.45) is 4.55. The van der Waals surface area contributed by atoms with Gasteiger partial charge in [-0.05, 0) is 18.9 Å². The zero-order chi connectivity index (χ0) is 15.9. The molecule has 0 bridgehead atoms. The Morgan fingerprint density at radius 2 is 2.23 bits per heavy atom. The Bertz CT molecular complexity index is 644. The Labute approximate surface area is 125 Å². The Morgan fingerprint density at radius 1 is 1.45 bits per heavy atom. The number of H-pyrrole nitrogens is 1. The number of anilines is 1. The van der Waals surface area contributed by atoms with Crippen LogP contribution in [0.4, 0.5) is 16.2 Å². The highest BCUT2D eigenvalue weighted by molar-refractivity contribution is 5.91. The molecule has 116 valence electrons. The fraction of sp³-hybridized carbons (Fsp3) is 0.231. The van der Waals surface area contributed by atoms with Crippen LogP contribution < -0.4 is 10.8 Å². The van der Waals surface area contributed by atoms with Crippen LogP contribution in [0.3, 0.4) is 0 Å². The van der Waals surface area contributed by atoms with Crippen molar-refractivity contribution in [3.05, 3.63) is 52.6 Å². The highest BCUT2D eigenvalue weighted by Crippen LogP contribution is 2.27. The van der Waals surface area contributed by atoms with Crippen molar-refractivity contribution in [2.45, 2.75) is 12.8 Å². The highest BCUT2D eigenvalue weighted by Gasteiger charge is 2.23. The maximum Gasteiger partial charge on any atom is 0.343 e. The van der Waals surface area contributed by atoms with Gasteiger partial charge in [-0.3, -0.25) is 15.0 Å². The third-order valence-corrected chi connectivity index (χ3v) is 2.85. The van der Waals surface area contributed by atoms with E-state index in [1.54, 1.807) is 18.6 Å². The average molecular weight is 305 g/mol. The Morgan fingerprint density at radius 3 is 2.86 bits per heavy atom. The van der Waals surface area contributed by atoms with E-state index in [0.717, 1.165) is 10.8 Å². The first kappa shape index (κ1) is 15.4. The van der Waals surface area contributed by atoms with Crippen LogP contribution in [0.15, 0.2) is 36.8 Å². The summed E-state index contributed by atoms with van der Waals surface area (Å²) in [5, 5.41) is 11.7. The number of nitro benzene ring substituents is 1. The SMILES string of the molecule is NC(=O)N(OCCCc1c[nH]cn1)c1ccccc1[N+](=O)[O-]. The van der Waals surface area contributed by atoms with Gasteiger partial charge in [0.2, 0.25) is 0 Å². The molecule has 3 N–H and O–H groups in total. The lowest BCUT2D eigenvalue weighted by molar-refractivity contribution is -0.384. The van der Waals surface area contributed by atoms with Gasteiger partial charge in [0, 0.05) is 12.3 Å². The number of carbonyl (C=O) groups excluding carboxylic acids is 1. The standard InChI is InChI=1S/C13H15N5O4/c14-13(19)17(11-5-1-2-6-12(11)18(20)21)22-7-3-4-10-8-15-9-16-10/h1-2,5-6,8-9H,3-4,7H2,(H2,14,19)(H,15,16). The lowest BCUT2D eigenvalue weighted by atomic mass is 10.2. The topological polar surface area (TPSA) is 127 Å². The molecular weight excluding hydrogens is 290 g/mol. The summed E-state index contributed by atoms with van der Waals surface area (Å²) < 4.78 is 0. The van der Waals surface area contributed by atoms with Crippen LogP contribution in [0.25, 0.3) is 0 Å². The summed E-state index contributed by atoms with van der Waals surface area (Å²) in [5.74, 6) is 0. The van der Waals surface area contributed by atoms with Crippen LogP contribution in [0.2, 0.25) is 0 Å². The van der Waals surface area contributed by atoms with Gasteiger partial charge in [0.25, 0.3) is 5.69 Å². The van der Waals surface area contributed by atoms with Gasteiger partial charge < -0.3 is 10.7 Å². The number of nitro groups is 1. The van der Waals surface area contributed by atoms with Gasteiger partial charge in [-0.25, -0.2) is 9.78 Å². The molecule has 9 nitrogen and oxygen atoms in total. The number of para-hydroxylation sites is 2. The molecule has 9 heteroatoms. The molecule has 0 atom stereocenters. The molecule has 0 aliphatic rings. The summed E-state index contributed by atoms with van der Waals surface area (Å²) in [7, 11) is 0. The number of aromatic nitrogens is 2. The van der Waals surface area contributed by atoms with Crippen molar-refractivity contribution in [1.29, 1.82) is 0 Å². The third kappa shape index (κ3) is 3.79. The molecule has 1 aromatic carbocycles. The van der Waals surface area contributed by atoms with E-state index in [-0.39, 0.29) is 18.0 Å². The number of carbonyl (C=O) groups is 1. The quantitative estimate of drug-likeness (QED) is 0.457. The van der Waals surface area contributed by atoms with Gasteiger partial charge >= 0.3 is 6.03 Å². The van der Waals surface area contributed by atoms with E-state index in [1.165, 1.54) is 18.2 Å². The van der Waals surface area contributed by atoms with E-state index in [1.807, 2.05) is 0 Å². The molecular formula is C13H15N5O4. The van der Waals surface area contributed by atoms with E-state index in [2.05, 4.69) is 9.97 Å². The number of hydrogen-bond donors (Lipinski definition) is 2. The van der Waals surface area contributed by atoms with Crippen LogP contribution in [0.1, 0.15) is 12.1 Å². The van der Waals surface area contributed by atoms with Crippen LogP contribution >= 0.6 is 0 Å². The molecule has 0 saturated heterocycles. The van der Waals surface area contributed by atoms with Crippen molar-refractivity contribution < 1.29 is 14.6 Å². The number of benzene rings is 1. The lowest BCUT2D eigenvalue weighted by Crippen LogP contribution is -2.36. The first-order chi connectivity index (χ1) is 10.6. The molecule has 0 aliphatic carbocycles. The largest absolute Gasteiger partial charge is 0.351 e. The fourth-order valence-corrected chi connectivity index (χ4v) is 1.88. The van der Waals surface area contributed by atoms with Gasteiger partial charge in [-0.1, -0.05) is 12.1 Å². The molecule has 0 radical (unpaired) electrons. The number of urea groups is 1. The smallest absolute Gasteiger partial charge is 0.343 e. The van der Waals surface area contributed by atoms with Crippen molar-refractivity contribution >= 4 is 17.4 Å². The van der Waals surface area contributed by atoms with Gasteiger partial charge in [-0.15, -0.1) is 0 Å². The molecule has 1 aromatic heterocycles. The van der Waals surface area contributed by atoms with Crippen LogP contribution in [0.5, 0.6) is 0 Å². The van der Waals surface area contributed by atoms with Crippen LogP contribution in [-0.4, -0.2) is 27.5 Å². The number of nitrogens with zero attached hydrogens (tertiary/aromatic N) is 3. The van der Waals surface area contributed by atoms with Crippen molar-refractivity contribution in [2.24, 2.45) is 5.73 Å². The fourth-order valence-electron chi connectivity index (χ4n) is 1.88. The summed E-state index contributed by atoms with van der Waals surface area (Å²) in [4.78, 5) is 34.1. The van der Waals surface area contributed by atoms with Crippen molar-refractivity contribution in [3.8, 4) is 0 Å². The van der Waals surface area contributed by atoms with E-state index < -0.39 is 11.0 Å². The summed E-state index contributed by atoms with van der Waals surface area (Å²) in [6, 6.07) is 4.81. The Kier molecular flexibility index (Phi) is 5.04. The average Bonchev–Trinajstić information content (AvgIpc) is 3.00. The zero-order valence-electron chi connectivity index (χ0n) is 11.6. The predicted molar refractivity (Wildman–Crippen MR) is 78.0 cm³/mol. The van der Waals surface area contributed by atoms with E-state index in [4.69, 9.17) is 10.6 Å². The molecule has 0 spiro atoms. The monoisotopic (exact) mass is 305 g/mol. The number of rotatable bonds is 7. The van der Waals surface area contributed by atoms with Gasteiger partial charge in [0.05, 0.1) is 23.6 Å². The number of aromatic amines is 1. The highest BCUT2D eigenvalue weighted by atomic mass is 16.7. The van der Waals surface area contributed by atoms with Gasteiger partial charge in [0.1, 0.15) is 0 Å². The maximum absolute atomic E-state index is 11.5. The summed E-state index contributed by atoms with van der Waals surface area (Å²) in [5.41, 5.74) is 5.84. The van der Waals surface area contributed by atoms with Crippen LogP contribution in [0, 0.1) is 10.1 Å². The molecule has 0 saturated carbocycles. The molecule has 2 amide bonds. The zero-order valence-corrected chi connectivity index (χ0v) is 11.6. The molecule has 22 heavy (non-hydrogen) atoms. The maximum atomic E-state index is 11.5. The third-order valence-electron chi connectivity index (χ3n) is 2.85. The van der Waals surface area contributed by atoms with Crippen LogP contribution in [-0.2, 0) is 11.3 Å². The number of hydroxylamine groups is 1. The molecule has 0 fully saturated rings. The molecule has 1 heterocycles. The van der Waals surface area contributed by atoms with Gasteiger partial charge in [-0.2, -0.15) is 5.06 Å². The second kappa shape index (κ2) is 7.18. The predicted octanol–water partition coefficient (Wildman–Crippen LogP) is 1.77. The minimum Gasteiger partial charge on any atom is -0.351 e. The number of nitrogens with one attached hydrogen (secondary N) is 1. The van der Waals surface area contributed by atoms with E-state index in [0.29, 0.717) is 12.8 Å². The van der Waals surface area contributed by atoms with Crippen molar-refractivity contribution in [3.63, 3.8) is 0 Å². The Hall–Kier alpha value is -2.94. The molecule has 2 rings (SSSR count). The normalized spacial score (nSPS) is 10.4. The number of hydrogen-bond acceptors (Lipinski definition) is 5. The molecule has 0 aliphatic heterocycles. The van der Waals surface area contributed by atoms with Crippen molar-refractivity contribution in [2.75, 3.05) is 11.7 Å². The van der Waals surface area contributed by atoms with Gasteiger partial charge in [0.15, 0.2) is 5.69 Å². The van der Waals surface area contributed by atoms with E-state index >= 15 is 0 Å². The second-order valence-corrected chi connectivity index (χ2v) is 4.38. The number of amides is 2. The number of imidazole rings is 1. The number of aryl methyl sites for hydroxylation is 1. The van der Waals surface area contributed by atoms with E-state index in [9.17, 15) is 14.9 Å². The minimum atomic E-state index is -0.922. The molecule has 0 unspecified atom stereocenters. The Balaban J connectivity index is 2.01.